The van der Waals surface area contributed by atoms with Crippen LogP contribution in [0.3, 0.4) is 0 Å². The molecule has 0 aromatic carbocycles. The van der Waals surface area contributed by atoms with E-state index in [2.05, 4.69) is 16.7 Å². The maximum Gasteiger partial charge on any atom is 0.222 e. The molecule has 2 fully saturated rings. The minimum atomic E-state index is 0.366. The molecule has 0 spiro atoms. The number of hydrogen-bond donors (Lipinski definition) is 0. The molecule has 0 radical (unpaired) electrons. The first kappa shape index (κ1) is 13.2. The van der Waals surface area contributed by atoms with Crippen molar-refractivity contribution in [1.29, 1.82) is 0 Å². The highest BCUT2D eigenvalue weighted by atomic mass is 35.5. The summed E-state index contributed by atoms with van der Waals surface area (Å²) in [6.45, 7) is 6.51. The van der Waals surface area contributed by atoms with Crippen LogP contribution in [0.4, 0.5) is 0 Å². The van der Waals surface area contributed by atoms with Gasteiger partial charge in [0.15, 0.2) is 0 Å². The first-order valence-corrected chi connectivity index (χ1v) is 7.32. The Hall–Kier alpha value is -0.280. The third-order valence-corrected chi connectivity index (χ3v) is 4.34. The van der Waals surface area contributed by atoms with Gasteiger partial charge in [-0.05, 0) is 31.7 Å². The van der Waals surface area contributed by atoms with Gasteiger partial charge in [-0.25, -0.2) is 0 Å². The Balaban J connectivity index is 1.72. The second-order valence-corrected chi connectivity index (χ2v) is 5.83. The molecule has 4 heteroatoms. The van der Waals surface area contributed by atoms with Gasteiger partial charge in [0.05, 0.1) is 0 Å². The van der Waals surface area contributed by atoms with E-state index in [4.69, 9.17) is 11.6 Å². The Morgan fingerprint density at radius 2 is 2.24 bits per heavy atom. The molecular weight excluding hydrogens is 236 g/mol. The maximum absolute atomic E-state index is 11.6. The van der Waals surface area contributed by atoms with Crippen LogP contribution in [0, 0.1) is 5.92 Å². The molecule has 0 aliphatic carbocycles. The molecule has 0 bridgehead atoms. The van der Waals surface area contributed by atoms with Gasteiger partial charge in [-0.2, -0.15) is 0 Å². The van der Waals surface area contributed by atoms with E-state index in [-0.39, 0.29) is 0 Å². The number of alkyl halides is 1. The van der Waals surface area contributed by atoms with E-state index in [0.29, 0.717) is 11.9 Å². The zero-order chi connectivity index (χ0) is 12.3. The highest BCUT2D eigenvalue weighted by Gasteiger charge is 2.35. The lowest BCUT2D eigenvalue weighted by molar-refractivity contribution is -0.130. The number of piperazine rings is 1. The van der Waals surface area contributed by atoms with Gasteiger partial charge in [0.25, 0.3) is 0 Å². The second-order valence-electron chi connectivity index (χ2n) is 5.45. The van der Waals surface area contributed by atoms with E-state index < -0.39 is 0 Å². The molecule has 0 aromatic heterocycles. The van der Waals surface area contributed by atoms with E-state index in [1.54, 1.807) is 0 Å². The van der Waals surface area contributed by atoms with Gasteiger partial charge in [0, 0.05) is 38.0 Å². The van der Waals surface area contributed by atoms with Crippen LogP contribution < -0.4 is 0 Å². The van der Waals surface area contributed by atoms with Crippen LogP contribution in [0.5, 0.6) is 0 Å². The molecule has 3 nitrogen and oxygen atoms in total. The topological polar surface area (TPSA) is 23.6 Å². The van der Waals surface area contributed by atoms with Crippen LogP contribution in [0.2, 0.25) is 0 Å². The normalized spacial score (nSPS) is 27.3. The number of halogens is 1. The van der Waals surface area contributed by atoms with Crippen LogP contribution in [0.15, 0.2) is 0 Å². The van der Waals surface area contributed by atoms with Crippen molar-refractivity contribution in [2.45, 2.75) is 38.6 Å². The standard InChI is InChI=1S/C13H23ClN2O/c1-11(4-6-14)5-7-15-8-9-16-12(10-15)2-3-13(16)17/h11-12H,2-10H2,1H3. The van der Waals surface area contributed by atoms with Crippen LogP contribution in [0.25, 0.3) is 0 Å². The molecule has 2 aliphatic rings. The van der Waals surface area contributed by atoms with Crippen molar-refractivity contribution < 1.29 is 4.79 Å². The van der Waals surface area contributed by atoms with E-state index in [1.165, 1.54) is 6.42 Å². The van der Waals surface area contributed by atoms with Crippen molar-refractivity contribution in [3.63, 3.8) is 0 Å². The van der Waals surface area contributed by atoms with Gasteiger partial charge in [0.2, 0.25) is 5.91 Å². The number of hydrogen-bond acceptors (Lipinski definition) is 2. The Bertz CT molecular complexity index is 272. The minimum absolute atomic E-state index is 0.366. The molecule has 1 amide bonds. The summed E-state index contributed by atoms with van der Waals surface area (Å²) in [6.07, 6.45) is 4.17. The number of carbonyl (C=O) groups excluding carboxylic acids is 1. The SMILES string of the molecule is CC(CCCl)CCN1CCN2C(=O)CCC2C1. The fraction of sp³-hybridized carbons (Fsp3) is 0.923. The smallest absolute Gasteiger partial charge is 0.222 e. The highest BCUT2D eigenvalue weighted by molar-refractivity contribution is 6.17. The van der Waals surface area contributed by atoms with Gasteiger partial charge < -0.3 is 4.90 Å². The molecule has 2 unspecified atom stereocenters. The number of rotatable bonds is 5. The van der Waals surface area contributed by atoms with Crippen molar-refractivity contribution in [2.75, 3.05) is 32.1 Å². The molecule has 0 N–H and O–H groups in total. The summed E-state index contributed by atoms with van der Waals surface area (Å²) in [5, 5.41) is 0. The van der Waals surface area contributed by atoms with Crippen molar-refractivity contribution in [3.05, 3.63) is 0 Å². The molecular formula is C13H23ClN2O. The number of amides is 1. The maximum atomic E-state index is 11.6. The van der Waals surface area contributed by atoms with Crippen LogP contribution in [-0.4, -0.2) is 53.8 Å². The Morgan fingerprint density at radius 1 is 1.41 bits per heavy atom. The number of carbonyl (C=O) groups is 1. The predicted molar refractivity (Wildman–Crippen MR) is 70.3 cm³/mol. The molecule has 0 saturated carbocycles. The predicted octanol–water partition coefficient (Wildman–Crippen LogP) is 1.95. The molecule has 17 heavy (non-hydrogen) atoms. The first-order valence-electron chi connectivity index (χ1n) is 6.78. The Morgan fingerprint density at radius 3 is 3.00 bits per heavy atom. The third kappa shape index (κ3) is 3.35. The van der Waals surface area contributed by atoms with E-state index in [0.717, 1.165) is 57.2 Å². The molecule has 2 atom stereocenters. The lowest BCUT2D eigenvalue weighted by Crippen LogP contribution is -2.51. The first-order chi connectivity index (χ1) is 8.20. The average molecular weight is 259 g/mol. The quantitative estimate of drug-likeness (QED) is 0.704. The lowest BCUT2D eigenvalue weighted by Gasteiger charge is -2.37. The van der Waals surface area contributed by atoms with Gasteiger partial charge >= 0.3 is 0 Å². The number of nitrogens with zero attached hydrogens (tertiary/aromatic N) is 2. The molecule has 2 saturated heterocycles. The summed E-state index contributed by atoms with van der Waals surface area (Å²) < 4.78 is 0. The monoisotopic (exact) mass is 258 g/mol. The van der Waals surface area contributed by atoms with Crippen molar-refractivity contribution in [3.8, 4) is 0 Å². The van der Waals surface area contributed by atoms with E-state index in [1.807, 2.05) is 0 Å². The van der Waals surface area contributed by atoms with Crippen LogP contribution in [0.1, 0.15) is 32.6 Å². The van der Waals surface area contributed by atoms with Crippen molar-refractivity contribution in [1.82, 2.24) is 9.80 Å². The molecule has 2 heterocycles. The molecule has 0 aromatic rings. The summed E-state index contributed by atoms with van der Waals surface area (Å²) in [7, 11) is 0. The fourth-order valence-corrected chi connectivity index (χ4v) is 3.24. The summed E-state index contributed by atoms with van der Waals surface area (Å²) in [6, 6.07) is 0.500. The average Bonchev–Trinajstić information content (AvgIpc) is 2.69. The summed E-state index contributed by atoms with van der Waals surface area (Å²) in [5.74, 6) is 1.85. The van der Waals surface area contributed by atoms with Crippen LogP contribution in [-0.2, 0) is 4.79 Å². The largest absolute Gasteiger partial charge is 0.337 e. The zero-order valence-electron chi connectivity index (χ0n) is 10.7. The van der Waals surface area contributed by atoms with Crippen molar-refractivity contribution in [2.24, 2.45) is 5.92 Å². The molecule has 2 rings (SSSR count). The van der Waals surface area contributed by atoms with Gasteiger partial charge in [-0.15, -0.1) is 11.6 Å². The van der Waals surface area contributed by atoms with Gasteiger partial charge in [-0.3, -0.25) is 9.69 Å². The van der Waals surface area contributed by atoms with Gasteiger partial charge in [-0.1, -0.05) is 6.92 Å². The van der Waals surface area contributed by atoms with E-state index in [9.17, 15) is 4.79 Å². The zero-order valence-corrected chi connectivity index (χ0v) is 11.5. The highest BCUT2D eigenvalue weighted by Crippen LogP contribution is 2.23. The molecule has 2 aliphatic heterocycles. The third-order valence-electron chi connectivity index (χ3n) is 4.12. The lowest BCUT2D eigenvalue weighted by atomic mass is 10.0. The Labute approximate surface area is 109 Å². The summed E-state index contributed by atoms with van der Waals surface area (Å²) >= 11 is 5.75. The Kier molecular flexibility index (Phi) is 4.69. The molecule has 98 valence electrons. The minimum Gasteiger partial charge on any atom is -0.337 e. The van der Waals surface area contributed by atoms with Crippen LogP contribution >= 0.6 is 11.6 Å². The fourth-order valence-electron chi connectivity index (χ4n) is 2.87. The summed E-state index contributed by atoms with van der Waals surface area (Å²) in [4.78, 5) is 16.2. The van der Waals surface area contributed by atoms with Crippen molar-refractivity contribution >= 4 is 17.5 Å². The second kappa shape index (κ2) is 6.05. The van der Waals surface area contributed by atoms with Gasteiger partial charge in [0.1, 0.15) is 0 Å². The number of fused-ring (bicyclic) bond motifs is 1. The summed E-state index contributed by atoms with van der Waals surface area (Å²) in [5.41, 5.74) is 0. The van der Waals surface area contributed by atoms with E-state index >= 15 is 0 Å².